The number of aryl methyl sites for hydroxylation is 1. The Bertz CT molecular complexity index is 648. The number of anilines is 1. The molecule has 20 heavy (non-hydrogen) atoms. The van der Waals surface area contributed by atoms with Crippen molar-refractivity contribution in [1.82, 2.24) is 10.2 Å². The van der Waals surface area contributed by atoms with Gasteiger partial charge in [0.05, 0.1) is 5.75 Å². The number of hydrogen-bond donors (Lipinski definition) is 2. The summed E-state index contributed by atoms with van der Waals surface area (Å²) in [7, 11) is -3.38. The first kappa shape index (κ1) is 14.6. The van der Waals surface area contributed by atoms with Crippen molar-refractivity contribution in [1.29, 1.82) is 0 Å². The van der Waals surface area contributed by atoms with Crippen LogP contribution < -0.4 is 4.72 Å². The minimum absolute atomic E-state index is 0.0425. The van der Waals surface area contributed by atoms with Crippen molar-refractivity contribution in [3.8, 4) is 0 Å². The highest BCUT2D eigenvalue weighted by Crippen LogP contribution is 2.16. The fraction of sp³-hybridized carbons (Fsp3) is 0.357. The quantitative estimate of drug-likeness (QED) is 0.859. The van der Waals surface area contributed by atoms with E-state index in [0.29, 0.717) is 12.2 Å². The molecule has 2 N–H and O–H groups in total. The maximum absolute atomic E-state index is 12.0. The highest BCUT2D eigenvalue weighted by molar-refractivity contribution is 7.92. The zero-order chi connectivity index (χ0) is 14.6. The maximum Gasteiger partial charge on any atom is 0.234 e. The second kappa shape index (κ2) is 6.09. The molecule has 0 aliphatic heterocycles. The van der Waals surface area contributed by atoms with E-state index in [9.17, 15) is 8.42 Å². The van der Waals surface area contributed by atoms with E-state index in [1.165, 1.54) is 0 Å². The van der Waals surface area contributed by atoms with E-state index in [1.54, 1.807) is 6.07 Å². The summed E-state index contributed by atoms with van der Waals surface area (Å²) in [5.41, 5.74) is 1.91. The van der Waals surface area contributed by atoms with E-state index in [0.717, 1.165) is 11.3 Å². The van der Waals surface area contributed by atoms with Gasteiger partial charge in [-0.2, -0.15) is 5.10 Å². The smallest absolute Gasteiger partial charge is 0.234 e. The fourth-order valence-corrected chi connectivity index (χ4v) is 2.82. The Morgan fingerprint density at radius 2 is 1.95 bits per heavy atom. The van der Waals surface area contributed by atoms with Crippen LogP contribution in [0.25, 0.3) is 0 Å². The van der Waals surface area contributed by atoms with E-state index in [-0.39, 0.29) is 11.7 Å². The molecule has 0 fully saturated rings. The Morgan fingerprint density at radius 3 is 2.55 bits per heavy atom. The molecule has 2 aromatic rings. The summed E-state index contributed by atoms with van der Waals surface area (Å²) in [6, 6.07) is 11.3. The van der Waals surface area contributed by atoms with Crippen molar-refractivity contribution in [2.24, 2.45) is 0 Å². The van der Waals surface area contributed by atoms with Crippen LogP contribution in [0.5, 0.6) is 0 Å². The van der Waals surface area contributed by atoms with Gasteiger partial charge in [0.25, 0.3) is 0 Å². The minimum Gasteiger partial charge on any atom is -0.280 e. The van der Waals surface area contributed by atoms with Gasteiger partial charge in [-0.05, 0) is 17.9 Å². The molecule has 1 heterocycles. The summed E-state index contributed by atoms with van der Waals surface area (Å²) in [6.07, 6.45) is 0.484. The number of benzene rings is 1. The van der Waals surface area contributed by atoms with Gasteiger partial charge in [-0.25, -0.2) is 8.42 Å². The molecule has 1 aromatic carbocycles. The standard InChI is InChI=1S/C14H19N3O2S/c1-11(2)13-10-14(16-15-13)17-20(18,19)9-8-12-6-4-3-5-7-12/h3-7,10-11H,8-9H2,1-2H3,(H2,15,16,17). The zero-order valence-electron chi connectivity index (χ0n) is 11.6. The lowest BCUT2D eigenvalue weighted by molar-refractivity contribution is 0.600. The Hall–Kier alpha value is -1.82. The molecule has 0 aliphatic carbocycles. The Labute approximate surface area is 119 Å². The van der Waals surface area contributed by atoms with Crippen LogP contribution in [0.3, 0.4) is 0 Å². The first-order valence-electron chi connectivity index (χ1n) is 6.56. The normalized spacial score (nSPS) is 11.8. The first-order valence-corrected chi connectivity index (χ1v) is 8.21. The van der Waals surface area contributed by atoms with Crippen LogP contribution in [0.15, 0.2) is 36.4 Å². The van der Waals surface area contributed by atoms with Crippen LogP contribution in [0.4, 0.5) is 5.82 Å². The molecule has 0 saturated heterocycles. The molecule has 0 spiro atoms. The van der Waals surface area contributed by atoms with E-state index in [1.807, 2.05) is 44.2 Å². The topological polar surface area (TPSA) is 74.8 Å². The lowest BCUT2D eigenvalue weighted by Gasteiger charge is -2.05. The highest BCUT2D eigenvalue weighted by Gasteiger charge is 2.13. The number of rotatable bonds is 6. The molecule has 2 rings (SSSR count). The van der Waals surface area contributed by atoms with Crippen molar-refractivity contribution < 1.29 is 8.42 Å². The average molecular weight is 293 g/mol. The molecule has 0 radical (unpaired) electrons. The van der Waals surface area contributed by atoms with Crippen LogP contribution in [-0.4, -0.2) is 24.4 Å². The van der Waals surface area contributed by atoms with Crippen molar-refractivity contribution in [3.63, 3.8) is 0 Å². The molecule has 0 unspecified atom stereocenters. The number of hydrogen-bond acceptors (Lipinski definition) is 3. The van der Waals surface area contributed by atoms with Gasteiger partial charge in [0.15, 0.2) is 5.82 Å². The van der Waals surface area contributed by atoms with Gasteiger partial charge < -0.3 is 0 Å². The molecule has 0 saturated carbocycles. The van der Waals surface area contributed by atoms with Crippen LogP contribution >= 0.6 is 0 Å². The molecular formula is C14H19N3O2S. The number of nitrogens with zero attached hydrogens (tertiary/aromatic N) is 1. The summed E-state index contributed by atoms with van der Waals surface area (Å²) in [6.45, 7) is 4.03. The minimum atomic E-state index is -3.38. The van der Waals surface area contributed by atoms with Gasteiger partial charge in [-0.1, -0.05) is 44.2 Å². The molecule has 0 bridgehead atoms. The van der Waals surface area contributed by atoms with Gasteiger partial charge in [-0.15, -0.1) is 0 Å². The van der Waals surface area contributed by atoms with E-state index in [4.69, 9.17) is 0 Å². The Balaban J connectivity index is 1.96. The largest absolute Gasteiger partial charge is 0.280 e. The van der Waals surface area contributed by atoms with Crippen molar-refractivity contribution in [3.05, 3.63) is 47.7 Å². The number of sulfonamides is 1. The predicted octanol–water partition coefficient (Wildman–Crippen LogP) is 2.52. The van der Waals surface area contributed by atoms with Crippen LogP contribution in [0.1, 0.15) is 31.0 Å². The van der Waals surface area contributed by atoms with Crippen molar-refractivity contribution >= 4 is 15.8 Å². The van der Waals surface area contributed by atoms with Crippen LogP contribution in [0.2, 0.25) is 0 Å². The lowest BCUT2D eigenvalue weighted by atomic mass is 10.1. The third-order valence-corrected chi connectivity index (χ3v) is 4.24. The van der Waals surface area contributed by atoms with Crippen LogP contribution in [-0.2, 0) is 16.4 Å². The SMILES string of the molecule is CC(C)c1cc(NS(=O)(=O)CCc2ccccc2)n[nH]1. The summed E-state index contributed by atoms with van der Waals surface area (Å²) >= 11 is 0. The number of nitrogens with one attached hydrogen (secondary N) is 2. The first-order chi connectivity index (χ1) is 9.46. The summed E-state index contributed by atoms with van der Waals surface area (Å²) in [5.74, 6) is 0.674. The van der Waals surface area contributed by atoms with E-state index >= 15 is 0 Å². The lowest BCUT2D eigenvalue weighted by Crippen LogP contribution is -2.18. The molecule has 5 nitrogen and oxygen atoms in total. The van der Waals surface area contributed by atoms with Crippen molar-refractivity contribution in [2.45, 2.75) is 26.2 Å². The summed E-state index contributed by atoms with van der Waals surface area (Å²) in [5, 5.41) is 6.79. The zero-order valence-corrected chi connectivity index (χ0v) is 12.4. The molecule has 0 amide bonds. The Kier molecular flexibility index (Phi) is 4.44. The van der Waals surface area contributed by atoms with Gasteiger partial charge >= 0.3 is 0 Å². The molecule has 0 aliphatic rings. The summed E-state index contributed by atoms with van der Waals surface area (Å²) in [4.78, 5) is 0. The Morgan fingerprint density at radius 1 is 1.25 bits per heavy atom. The molecule has 0 atom stereocenters. The fourth-order valence-electron chi connectivity index (χ4n) is 1.79. The van der Waals surface area contributed by atoms with Gasteiger partial charge in [0, 0.05) is 11.8 Å². The third-order valence-electron chi connectivity index (χ3n) is 2.98. The van der Waals surface area contributed by atoms with Gasteiger partial charge in [0.1, 0.15) is 0 Å². The number of H-pyrrole nitrogens is 1. The molecule has 108 valence electrons. The number of aromatic nitrogens is 2. The number of aromatic amines is 1. The second-order valence-electron chi connectivity index (χ2n) is 5.02. The summed E-state index contributed by atoms with van der Waals surface area (Å²) < 4.78 is 26.5. The van der Waals surface area contributed by atoms with E-state index in [2.05, 4.69) is 14.9 Å². The second-order valence-corrected chi connectivity index (χ2v) is 6.86. The van der Waals surface area contributed by atoms with Crippen LogP contribution in [0, 0.1) is 0 Å². The van der Waals surface area contributed by atoms with E-state index < -0.39 is 10.0 Å². The third kappa shape index (κ3) is 4.09. The maximum atomic E-state index is 12.0. The van der Waals surface area contributed by atoms with Gasteiger partial charge in [-0.3, -0.25) is 9.82 Å². The molecule has 6 heteroatoms. The molecule has 1 aromatic heterocycles. The van der Waals surface area contributed by atoms with Gasteiger partial charge in [0.2, 0.25) is 10.0 Å². The highest BCUT2D eigenvalue weighted by atomic mass is 32.2. The average Bonchev–Trinajstić information content (AvgIpc) is 2.86. The molecular weight excluding hydrogens is 274 g/mol. The predicted molar refractivity (Wildman–Crippen MR) is 80.2 cm³/mol. The monoisotopic (exact) mass is 293 g/mol. The van der Waals surface area contributed by atoms with Crippen molar-refractivity contribution in [2.75, 3.05) is 10.5 Å².